The smallest absolute Gasteiger partial charge is 0.317 e. The molecule has 2 aliphatic rings. The van der Waals surface area contributed by atoms with E-state index in [-0.39, 0.29) is 12.1 Å². The highest BCUT2D eigenvalue weighted by atomic mass is 16.2. The quantitative estimate of drug-likeness (QED) is 0.768. The number of aryl methyl sites for hydroxylation is 1. The SMILES string of the molecule is C#Cc1c2c3c(cccc3n1CCC)C1C[C@H](NC(=O)N(CC)CC)CN(C)[C@@H]1C2. The van der Waals surface area contributed by atoms with Gasteiger partial charge in [-0.15, -0.1) is 6.42 Å². The van der Waals surface area contributed by atoms with Crippen LogP contribution in [0.3, 0.4) is 0 Å². The highest BCUT2D eigenvalue weighted by molar-refractivity contribution is 5.91. The van der Waals surface area contributed by atoms with Crippen LogP contribution in [0.15, 0.2) is 18.2 Å². The van der Waals surface area contributed by atoms with Gasteiger partial charge in [-0.25, -0.2) is 4.79 Å². The van der Waals surface area contributed by atoms with E-state index in [1.165, 1.54) is 22.0 Å². The topological polar surface area (TPSA) is 40.5 Å². The third kappa shape index (κ3) is 3.28. The van der Waals surface area contributed by atoms with Gasteiger partial charge in [0.2, 0.25) is 0 Å². The van der Waals surface area contributed by atoms with Gasteiger partial charge < -0.3 is 19.7 Å². The summed E-state index contributed by atoms with van der Waals surface area (Å²) in [6.07, 6.45) is 9.02. The molecule has 0 radical (unpaired) electrons. The van der Waals surface area contributed by atoms with Crippen LogP contribution in [0.25, 0.3) is 10.9 Å². The molecule has 1 fully saturated rings. The minimum Gasteiger partial charge on any atom is -0.334 e. The average molecular weight is 407 g/mol. The molecule has 1 aliphatic heterocycles. The molecule has 0 saturated carbocycles. The second-order valence-electron chi connectivity index (χ2n) is 8.74. The summed E-state index contributed by atoms with van der Waals surface area (Å²) in [6.45, 7) is 9.55. The lowest BCUT2D eigenvalue weighted by Gasteiger charge is -2.46. The third-order valence-corrected chi connectivity index (χ3v) is 7.08. The Morgan fingerprint density at radius 2 is 2.07 bits per heavy atom. The molecular formula is C25H34N4O. The summed E-state index contributed by atoms with van der Waals surface area (Å²) >= 11 is 0. The number of fused-ring (bicyclic) bond motifs is 2. The van der Waals surface area contributed by atoms with E-state index in [9.17, 15) is 4.79 Å². The van der Waals surface area contributed by atoms with E-state index in [1.807, 2.05) is 18.7 Å². The summed E-state index contributed by atoms with van der Waals surface area (Å²) in [5.41, 5.74) is 5.07. The Kier molecular flexibility index (Phi) is 5.79. The Bertz CT molecular complexity index is 981. The molecule has 1 aromatic heterocycles. The number of terminal acetylenes is 1. The van der Waals surface area contributed by atoms with Gasteiger partial charge >= 0.3 is 6.03 Å². The maximum Gasteiger partial charge on any atom is 0.317 e. The van der Waals surface area contributed by atoms with Crippen LogP contribution < -0.4 is 5.32 Å². The Morgan fingerprint density at radius 3 is 2.73 bits per heavy atom. The van der Waals surface area contributed by atoms with E-state index in [0.29, 0.717) is 12.0 Å². The van der Waals surface area contributed by atoms with Crippen molar-refractivity contribution < 1.29 is 4.79 Å². The van der Waals surface area contributed by atoms with Crippen LogP contribution in [0.1, 0.15) is 56.4 Å². The van der Waals surface area contributed by atoms with Gasteiger partial charge in [-0.2, -0.15) is 0 Å². The van der Waals surface area contributed by atoms with E-state index in [0.717, 1.165) is 51.1 Å². The third-order valence-electron chi connectivity index (χ3n) is 7.08. The first kappa shape index (κ1) is 20.8. The number of likely N-dealkylation sites (N-methyl/N-ethyl adjacent to an activating group) is 1. The van der Waals surface area contributed by atoms with Crippen molar-refractivity contribution in [2.45, 2.75) is 64.6 Å². The number of nitrogens with one attached hydrogen (secondary N) is 1. The van der Waals surface area contributed by atoms with Crippen molar-refractivity contribution in [2.75, 3.05) is 26.7 Å². The zero-order valence-electron chi connectivity index (χ0n) is 18.7. The zero-order valence-corrected chi connectivity index (χ0v) is 18.7. The second-order valence-corrected chi connectivity index (χ2v) is 8.74. The second kappa shape index (κ2) is 8.35. The maximum atomic E-state index is 12.7. The number of hydrogen-bond acceptors (Lipinski definition) is 2. The molecule has 1 aliphatic carbocycles. The molecular weight excluding hydrogens is 372 g/mol. The van der Waals surface area contributed by atoms with Gasteiger partial charge in [0, 0.05) is 55.1 Å². The van der Waals surface area contributed by atoms with Crippen LogP contribution in [0.4, 0.5) is 4.79 Å². The fourth-order valence-corrected chi connectivity index (χ4v) is 5.69. The van der Waals surface area contributed by atoms with Crippen LogP contribution in [0.5, 0.6) is 0 Å². The molecule has 5 heteroatoms. The van der Waals surface area contributed by atoms with E-state index in [4.69, 9.17) is 6.42 Å². The van der Waals surface area contributed by atoms with E-state index in [2.05, 4.69) is 52.9 Å². The van der Waals surface area contributed by atoms with Crippen LogP contribution in [0, 0.1) is 12.3 Å². The van der Waals surface area contributed by atoms with Crippen molar-refractivity contribution in [1.29, 1.82) is 0 Å². The van der Waals surface area contributed by atoms with Gasteiger partial charge in [-0.05, 0) is 57.4 Å². The van der Waals surface area contributed by atoms with Gasteiger partial charge in [0.05, 0.1) is 5.69 Å². The van der Waals surface area contributed by atoms with Gasteiger partial charge in [-0.3, -0.25) is 0 Å². The number of hydrogen-bond donors (Lipinski definition) is 1. The number of rotatable bonds is 5. The summed E-state index contributed by atoms with van der Waals surface area (Å²) in [6, 6.07) is 7.30. The molecule has 1 aromatic carbocycles. The molecule has 3 atom stereocenters. The minimum absolute atomic E-state index is 0.0512. The Hall–Kier alpha value is -2.45. The summed E-state index contributed by atoms with van der Waals surface area (Å²) < 4.78 is 2.34. The number of carbonyl (C=O) groups is 1. The van der Waals surface area contributed by atoms with Crippen molar-refractivity contribution in [3.63, 3.8) is 0 Å². The highest BCUT2D eigenvalue weighted by Gasteiger charge is 2.41. The number of amides is 2. The van der Waals surface area contributed by atoms with E-state index < -0.39 is 0 Å². The number of piperidine rings is 1. The van der Waals surface area contributed by atoms with Crippen molar-refractivity contribution in [3.8, 4) is 12.3 Å². The molecule has 0 bridgehead atoms. The summed E-state index contributed by atoms with van der Waals surface area (Å²) in [7, 11) is 2.19. The lowest BCUT2D eigenvalue weighted by Crippen LogP contribution is -2.56. The maximum absolute atomic E-state index is 12.7. The first-order valence-electron chi connectivity index (χ1n) is 11.4. The average Bonchev–Trinajstić information content (AvgIpc) is 3.04. The minimum atomic E-state index is 0.0512. The predicted octanol–water partition coefficient (Wildman–Crippen LogP) is 3.80. The van der Waals surface area contributed by atoms with Crippen LogP contribution in [-0.2, 0) is 13.0 Å². The number of likely N-dealkylation sites (tertiary alicyclic amines) is 1. The van der Waals surface area contributed by atoms with Crippen molar-refractivity contribution in [2.24, 2.45) is 0 Å². The van der Waals surface area contributed by atoms with E-state index >= 15 is 0 Å². The molecule has 5 nitrogen and oxygen atoms in total. The lowest BCUT2D eigenvalue weighted by molar-refractivity contribution is 0.124. The van der Waals surface area contributed by atoms with E-state index in [1.54, 1.807) is 0 Å². The Morgan fingerprint density at radius 1 is 1.30 bits per heavy atom. The largest absolute Gasteiger partial charge is 0.334 e. The molecule has 2 aromatic rings. The van der Waals surface area contributed by atoms with Gasteiger partial charge in [-0.1, -0.05) is 25.0 Å². The van der Waals surface area contributed by atoms with Gasteiger partial charge in [0.1, 0.15) is 0 Å². The number of aromatic nitrogens is 1. The monoisotopic (exact) mass is 406 g/mol. The summed E-state index contributed by atoms with van der Waals surface area (Å²) in [5, 5.41) is 4.66. The molecule has 30 heavy (non-hydrogen) atoms. The first-order chi connectivity index (χ1) is 14.5. The number of urea groups is 1. The van der Waals surface area contributed by atoms with Crippen molar-refractivity contribution >= 4 is 16.9 Å². The fraction of sp³-hybridized carbons (Fsp3) is 0.560. The van der Waals surface area contributed by atoms with Crippen molar-refractivity contribution in [3.05, 3.63) is 35.0 Å². The van der Waals surface area contributed by atoms with Gasteiger partial charge in [0.25, 0.3) is 0 Å². The molecule has 1 N–H and O–H groups in total. The molecule has 2 heterocycles. The molecule has 160 valence electrons. The highest BCUT2D eigenvalue weighted by Crippen LogP contribution is 2.45. The Labute approximate surface area is 180 Å². The van der Waals surface area contributed by atoms with Crippen LogP contribution in [0.2, 0.25) is 0 Å². The zero-order chi connectivity index (χ0) is 21.4. The fourth-order valence-electron chi connectivity index (χ4n) is 5.69. The predicted molar refractivity (Wildman–Crippen MR) is 123 cm³/mol. The van der Waals surface area contributed by atoms with Gasteiger partial charge in [0.15, 0.2) is 0 Å². The van der Waals surface area contributed by atoms with Crippen molar-refractivity contribution in [1.82, 2.24) is 19.7 Å². The molecule has 4 rings (SSSR count). The molecule has 0 spiro atoms. The first-order valence-corrected chi connectivity index (χ1v) is 11.4. The normalized spacial score (nSPS) is 23.1. The van der Waals surface area contributed by atoms with Crippen LogP contribution in [-0.4, -0.2) is 59.2 Å². The number of nitrogens with zero attached hydrogens (tertiary/aromatic N) is 3. The molecule has 2 amide bonds. The van der Waals surface area contributed by atoms with Crippen LogP contribution >= 0.6 is 0 Å². The standard InChI is InChI=1S/C25H34N4O/c1-6-13-29-21(7-2)20-15-23-19(18-11-10-12-22(29)24(18)20)14-17(16-27(23)5)26-25(30)28(8-3)9-4/h2,10-12,17,19,23H,6,8-9,13-16H2,1,3-5H3,(H,26,30)/t17-,19?,23+/m0/s1. The molecule has 1 unspecified atom stereocenters. The number of carbonyl (C=O) groups excluding carboxylic acids is 1. The Balaban J connectivity index is 1.71. The summed E-state index contributed by atoms with van der Waals surface area (Å²) in [5.74, 6) is 3.41. The summed E-state index contributed by atoms with van der Waals surface area (Å²) in [4.78, 5) is 16.9. The lowest BCUT2D eigenvalue weighted by atomic mass is 9.73. The number of benzene rings is 1. The molecule has 1 saturated heterocycles.